The molecular formula is C12H24N2O. The number of nitrogens with zero attached hydrogens (tertiary/aromatic N) is 1. The Bertz CT molecular complexity index is 210. The van der Waals surface area contributed by atoms with Crippen LogP contribution in [0.4, 0.5) is 0 Å². The van der Waals surface area contributed by atoms with Gasteiger partial charge in [0.15, 0.2) is 0 Å². The van der Waals surface area contributed by atoms with Crippen molar-refractivity contribution in [1.82, 2.24) is 4.90 Å². The largest absolute Gasteiger partial charge is 0.343 e. The second-order valence-electron chi connectivity index (χ2n) is 4.82. The summed E-state index contributed by atoms with van der Waals surface area (Å²) in [4.78, 5) is 14.0. The zero-order chi connectivity index (χ0) is 11.4. The third-order valence-electron chi connectivity index (χ3n) is 3.72. The lowest BCUT2D eigenvalue weighted by Crippen LogP contribution is -2.41. The summed E-state index contributed by atoms with van der Waals surface area (Å²) < 4.78 is 0. The molecule has 1 rings (SSSR count). The van der Waals surface area contributed by atoms with Crippen LogP contribution in [0, 0.1) is 5.92 Å². The van der Waals surface area contributed by atoms with Gasteiger partial charge < -0.3 is 10.6 Å². The van der Waals surface area contributed by atoms with Crippen molar-refractivity contribution >= 4 is 5.91 Å². The number of hydrogen-bond donors (Lipinski definition) is 1. The van der Waals surface area contributed by atoms with Crippen LogP contribution in [0.3, 0.4) is 0 Å². The predicted octanol–water partition coefficient (Wildman–Crippen LogP) is 1.76. The molecule has 0 aromatic heterocycles. The highest BCUT2D eigenvalue weighted by atomic mass is 16.2. The van der Waals surface area contributed by atoms with Crippen LogP contribution in [0.1, 0.15) is 46.0 Å². The molecule has 0 saturated heterocycles. The topological polar surface area (TPSA) is 46.3 Å². The molecule has 1 fully saturated rings. The van der Waals surface area contributed by atoms with Gasteiger partial charge in [-0.15, -0.1) is 0 Å². The molecular weight excluding hydrogens is 188 g/mol. The fourth-order valence-electron chi connectivity index (χ4n) is 2.15. The van der Waals surface area contributed by atoms with E-state index in [1.807, 2.05) is 11.9 Å². The van der Waals surface area contributed by atoms with Crippen molar-refractivity contribution in [2.24, 2.45) is 11.7 Å². The van der Waals surface area contributed by atoms with Gasteiger partial charge in [0.1, 0.15) is 0 Å². The van der Waals surface area contributed by atoms with Crippen molar-refractivity contribution in [2.75, 3.05) is 7.05 Å². The Morgan fingerprint density at radius 3 is 2.40 bits per heavy atom. The van der Waals surface area contributed by atoms with Gasteiger partial charge in [-0.05, 0) is 39.0 Å². The predicted molar refractivity (Wildman–Crippen MR) is 62.5 cm³/mol. The Morgan fingerprint density at radius 1 is 1.40 bits per heavy atom. The Balaban J connectivity index is 2.46. The highest BCUT2D eigenvalue weighted by Crippen LogP contribution is 2.25. The minimum absolute atomic E-state index is 0.226. The van der Waals surface area contributed by atoms with Crippen molar-refractivity contribution in [1.29, 1.82) is 0 Å². The summed E-state index contributed by atoms with van der Waals surface area (Å²) in [5.74, 6) is 0.542. The van der Waals surface area contributed by atoms with Crippen molar-refractivity contribution in [2.45, 2.75) is 58.0 Å². The van der Waals surface area contributed by atoms with Crippen LogP contribution in [0.15, 0.2) is 0 Å². The van der Waals surface area contributed by atoms with E-state index in [4.69, 9.17) is 5.73 Å². The third-order valence-corrected chi connectivity index (χ3v) is 3.72. The normalized spacial score (nSPS) is 28.5. The zero-order valence-electron chi connectivity index (χ0n) is 10.2. The second-order valence-corrected chi connectivity index (χ2v) is 4.82. The maximum Gasteiger partial charge on any atom is 0.225 e. The molecule has 3 heteroatoms. The maximum absolute atomic E-state index is 12.1. The van der Waals surface area contributed by atoms with Crippen molar-refractivity contribution in [3.05, 3.63) is 0 Å². The molecule has 3 nitrogen and oxygen atoms in total. The summed E-state index contributed by atoms with van der Waals surface area (Å²) in [5, 5.41) is 0. The van der Waals surface area contributed by atoms with Gasteiger partial charge in [0.05, 0.1) is 0 Å². The van der Waals surface area contributed by atoms with Crippen LogP contribution in [-0.4, -0.2) is 29.9 Å². The summed E-state index contributed by atoms with van der Waals surface area (Å²) in [6, 6.07) is 0.677. The highest BCUT2D eigenvalue weighted by molar-refractivity contribution is 5.78. The van der Waals surface area contributed by atoms with Crippen LogP contribution in [0.2, 0.25) is 0 Å². The minimum atomic E-state index is 0.226. The average Bonchev–Trinajstić information content (AvgIpc) is 2.27. The molecule has 0 radical (unpaired) electrons. The SMILES string of the molecule is CCC(C)N(C)C(=O)C1CCC(N)CC1. The number of amides is 1. The van der Waals surface area contributed by atoms with E-state index in [0.717, 1.165) is 32.1 Å². The summed E-state index contributed by atoms with van der Waals surface area (Å²) in [5.41, 5.74) is 5.83. The van der Waals surface area contributed by atoms with Gasteiger partial charge in [0.25, 0.3) is 0 Å². The Hall–Kier alpha value is -0.570. The van der Waals surface area contributed by atoms with E-state index in [-0.39, 0.29) is 5.92 Å². The Kier molecular flexibility index (Phi) is 4.58. The summed E-state index contributed by atoms with van der Waals surface area (Å²) in [6.45, 7) is 4.22. The molecule has 0 aromatic rings. The molecule has 1 unspecified atom stereocenters. The van der Waals surface area contributed by atoms with E-state index in [0.29, 0.717) is 18.0 Å². The van der Waals surface area contributed by atoms with Crippen LogP contribution >= 0.6 is 0 Å². The lowest BCUT2D eigenvalue weighted by Gasteiger charge is -2.31. The second kappa shape index (κ2) is 5.50. The standard InChI is InChI=1S/C12H24N2O/c1-4-9(2)14(3)12(15)10-5-7-11(13)8-6-10/h9-11H,4-8,13H2,1-3H3. The summed E-state index contributed by atoms with van der Waals surface area (Å²) >= 11 is 0. The molecule has 88 valence electrons. The smallest absolute Gasteiger partial charge is 0.225 e. The lowest BCUT2D eigenvalue weighted by molar-refractivity contribution is -0.137. The Morgan fingerprint density at radius 2 is 1.93 bits per heavy atom. The van der Waals surface area contributed by atoms with E-state index in [9.17, 15) is 4.79 Å². The van der Waals surface area contributed by atoms with Crippen molar-refractivity contribution in [3.63, 3.8) is 0 Å². The van der Waals surface area contributed by atoms with Gasteiger partial charge >= 0.3 is 0 Å². The number of nitrogens with two attached hydrogens (primary N) is 1. The first-order chi connectivity index (χ1) is 7.06. The molecule has 0 heterocycles. The van der Waals surface area contributed by atoms with E-state index in [2.05, 4.69) is 13.8 Å². The van der Waals surface area contributed by atoms with E-state index in [1.54, 1.807) is 0 Å². The molecule has 2 N–H and O–H groups in total. The fourth-order valence-corrected chi connectivity index (χ4v) is 2.15. The van der Waals surface area contributed by atoms with Gasteiger partial charge in [-0.1, -0.05) is 6.92 Å². The van der Waals surface area contributed by atoms with Crippen molar-refractivity contribution in [3.8, 4) is 0 Å². The monoisotopic (exact) mass is 212 g/mol. The van der Waals surface area contributed by atoms with Crippen LogP contribution in [0.25, 0.3) is 0 Å². The molecule has 1 amide bonds. The molecule has 1 aliphatic rings. The first-order valence-electron chi connectivity index (χ1n) is 6.08. The number of carbonyl (C=O) groups is 1. The van der Waals surface area contributed by atoms with Crippen LogP contribution in [0.5, 0.6) is 0 Å². The summed E-state index contributed by atoms with van der Waals surface area (Å²) in [7, 11) is 1.92. The highest BCUT2D eigenvalue weighted by Gasteiger charge is 2.27. The lowest BCUT2D eigenvalue weighted by atomic mass is 9.85. The first kappa shape index (κ1) is 12.5. The van der Waals surface area contributed by atoms with Gasteiger partial charge in [0.2, 0.25) is 5.91 Å². The van der Waals surface area contributed by atoms with Gasteiger partial charge in [-0.3, -0.25) is 4.79 Å². The first-order valence-corrected chi connectivity index (χ1v) is 6.08. The fraction of sp³-hybridized carbons (Fsp3) is 0.917. The van der Waals surface area contributed by atoms with Crippen LogP contribution < -0.4 is 5.73 Å². The van der Waals surface area contributed by atoms with Gasteiger partial charge in [0, 0.05) is 25.0 Å². The van der Waals surface area contributed by atoms with E-state index in [1.165, 1.54) is 0 Å². The molecule has 1 saturated carbocycles. The van der Waals surface area contributed by atoms with Crippen molar-refractivity contribution < 1.29 is 4.79 Å². The number of carbonyl (C=O) groups excluding carboxylic acids is 1. The minimum Gasteiger partial charge on any atom is -0.343 e. The molecule has 0 aliphatic heterocycles. The molecule has 1 aliphatic carbocycles. The third kappa shape index (κ3) is 3.20. The molecule has 0 aromatic carbocycles. The molecule has 1 atom stereocenters. The Labute approximate surface area is 93.0 Å². The number of hydrogen-bond acceptors (Lipinski definition) is 2. The van der Waals surface area contributed by atoms with E-state index < -0.39 is 0 Å². The average molecular weight is 212 g/mol. The van der Waals surface area contributed by atoms with E-state index >= 15 is 0 Å². The molecule has 0 bridgehead atoms. The number of rotatable bonds is 3. The summed E-state index contributed by atoms with van der Waals surface area (Å²) in [6.07, 6.45) is 4.98. The maximum atomic E-state index is 12.1. The molecule has 0 spiro atoms. The van der Waals surface area contributed by atoms with Crippen LogP contribution in [-0.2, 0) is 4.79 Å². The zero-order valence-corrected chi connectivity index (χ0v) is 10.2. The quantitative estimate of drug-likeness (QED) is 0.775. The molecule has 15 heavy (non-hydrogen) atoms. The van der Waals surface area contributed by atoms with Gasteiger partial charge in [-0.2, -0.15) is 0 Å². The van der Waals surface area contributed by atoms with Gasteiger partial charge in [-0.25, -0.2) is 0 Å².